The van der Waals surface area contributed by atoms with Crippen molar-refractivity contribution in [2.45, 2.75) is 40.7 Å². The summed E-state index contributed by atoms with van der Waals surface area (Å²) < 4.78 is 0. The van der Waals surface area contributed by atoms with Crippen LogP contribution in [0.15, 0.2) is 0 Å². The van der Waals surface area contributed by atoms with Gasteiger partial charge in [0, 0.05) is 18.5 Å². The molecule has 0 saturated heterocycles. The maximum atomic E-state index is 11.9. The number of carbonyl (C=O) groups is 1. The number of nitrogens with zero attached hydrogens (tertiary/aromatic N) is 1. The maximum absolute atomic E-state index is 11.9. The third-order valence-corrected chi connectivity index (χ3v) is 3.42. The average molecular weight is 249 g/mol. The van der Waals surface area contributed by atoms with Crippen LogP contribution in [0.25, 0.3) is 0 Å². The van der Waals surface area contributed by atoms with Gasteiger partial charge in [-0.15, -0.1) is 11.6 Å². The number of amides is 1. The second kappa shape index (κ2) is 7.13. The van der Waals surface area contributed by atoms with Crippen molar-refractivity contribution in [2.75, 3.05) is 25.5 Å². The Morgan fingerprint density at radius 1 is 1.38 bits per heavy atom. The summed E-state index contributed by atoms with van der Waals surface area (Å²) in [5, 5.41) is 3.01. The SMILES string of the molecule is CCN(CC)CC(C)NC(=O)C(C)(C)CCl. The molecule has 96 valence electrons. The van der Waals surface area contributed by atoms with Crippen molar-refractivity contribution in [1.82, 2.24) is 10.2 Å². The Balaban J connectivity index is 4.14. The van der Waals surface area contributed by atoms with Gasteiger partial charge in [0.25, 0.3) is 0 Å². The van der Waals surface area contributed by atoms with Crippen LogP contribution in [0.1, 0.15) is 34.6 Å². The van der Waals surface area contributed by atoms with E-state index in [9.17, 15) is 4.79 Å². The van der Waals surface area contributed by atoms with Crippen LogP contribution in [0.2, 0.25) is 0 Å². The van der Waals surface area contributed by atoms with Crippen molar-refractivity contribution in [1.29, 1.82) is 0 Å². The van der Waals surface area contributed by atoms with Crippen molar-refractivity contribution < 1.29 is 4.79 Å². The van der Waals surface area contributed by atoms with Gasteiger partial charge in [-0.2, -0.15) is 0 Å². The fourth-order valence-electron chi connectivity index (χ4n) is 1.39. The summed E-state index contributed by atoms with van der Waals surface area (Å²) in [5.41, 5.74) is -0.487. The van der Waals surface area contributed by atoms with E-state index in [1.165, 1.54) is 0 Å². The monoisotopic (exact) mass is 248 g/mol. The number of nitrogens with one attached hydrogen (secondary N) is 1. The highest BCUT2D eigenvalue weighted by atomic mass is 35.5. The highest BCUT2D eigenvalue weighted by molar-refractivity contribution is 6.19. The van der Waals surface area contributed by atoms with Crippen LogP contribution in [-0.4, -0.2) is 42.4 Å². The molecule has 0 aliphatic heterocycles. The molecule has 0 saturated carbocycles. The van der Waals surface area contributed by atoms with Crippen LogP contribution in [0, 0.1) is 5.41 Å². The Morgan fingerprint density at radius 2 is 1.88 bits per heavy atom. The summed E-state index contributed by atoms with van der Waals surface area (Å²) in [7, 11) is 0. The highest BCUT2D eigenvalue weighted by Gasteiger charge is 2.27. The quantitative estimate of drug-likeness (QED) is 0.700. The van der Waals surface area contributed by atoms with E-state index in [2.05, 4.69) is 24.1 Å². The predicted molar refractivity (Wildman–Crippen MR) is 69.9 cm³/mol. The van der Waals surface area contributed by atoms with Crippen LogP contribution in [0.5, 0.6) is 0 Å². The lowest BCUT2D eigenvalue weighted by Gasteiger charge is -2.27. The first kappa shape index (κ1) is 15.7. The minimum absolute atomic E-state index is 0.0298. The molecule has 0 spiro atoms. The summed E-state index contributed by atoms with van der Waals surface area (Å²) in [5.74, 6) is 0.374. The van der Waals surface area contributed by atoms with Gasteiger partial charge in [0.2, 0.25) is 5.91 Å². The van der Waals surface area contributed by atoms with E-state index in [0.717, 1.165) is 19.6 Å². The topological polar surface area (TPSA) is 32.3 Å². The van der Waals surface area contributed by atoms with Crippen molar-refractivity contribution in [2.24, 2.45) is 5.41 Å². The van der Waals surface area contributed by atoms with Gasteiger partial charge >= 0.3 is 0 Å². The van der Waals surface area contributed by atoms with E-state index in [-0.39, 0.29) is 11.9 Å². The molecule has 0 aromatic rings. The molecule has 4 heteroatoms. The van der Waals surface area contributed by atoms with E-state index in [1.807, 2.05) is 20.8 Å². The molecule has 0 aromatic heterocycles. The summed E-state index contributed by atoms with van der Waals surface area (Å²) in [6.45, 7) is 12.9. The Bertz CT molecular complexity index is 215. The molecule has 0 aliphatic rings. The Hall–Kier alpha value is -0.280. The zero-order chi connectivity index (χ0) is 12.8. The standard InChI is InChI=1S/C12H25ClN2O/c1-6-15(7-2)8-10(3)14-11(16)12(4,5)9-13/h10H,6-9H2,1-5H3,(H,14,16). The molecule has 1 unspecified atom stereocenters. The Labute approximate surface area is 105 Å². The zero-order valence-electron chi connectivity index (χ0n) is 11.1. The highest BCUT2D eigenvalue weighted by Crippen LogP contribution is 2.17. The second-order valence-corrected chi connectivity index (χ2v) is 5.15. The molecule has 1 amide bonds. The van der Waals surface area contributed by atoms with Crippen LogP contribution < -0.4 is 5.32 Å². The van der Waals surface area contributed by atoms with Gasteiger partial charge in [-0.05, 0) is 33.9 Å². The fourth-order valence-corrected chi connectivity index (χ4v) is 1.52. The van der Waals surface area contributed by atoms with E-state index in [0.29, 0.717) is 5.88 Å². The second-order valence-electron chi connectivity index (χ2n) is 4.88. The molecule has 0 fully saturated rings. The molecule has 1 atom stereocenters. The number of hydrogen-bond acceptors (Lipinski definition) is 2. The number of rotatable bonds is 7. The normalized spacial score (nSPS) is 13.9. The number of halogens is 1. The molecule has 0 aromatic carbocycles. The first-order valence-corrected chi connectivity index (χ1v) is 6.50. The van der Waals surface area contributed by atoms with Crippen LogP contribution in [0.4, 0.5) is 0 Å². The van der Waals surface area contributed by atoms with Gasteiger partial charge in [0.1, 0.15) is 0 Å². The molecular weight excluding hydrogens is 224 g/mol. The molecular formula is C12H25ClN2O. The fraction of sp³-hybridized carbons (Fsp3) is 0.917. The molecule has 0 rings (SSSR count). The van der Waals surface area contributed by atoms with Gasteiger partial charge < -0.3 is 10.2 Å². The number of likely N-dealkylation sites (N-methyl/N-ethyl adjacent to an activating group) is 1. The van der Waals surface area contributed by atoms with Gasteiger partial charge in [0.05, 0.1) is 5.41 Å². The third-order valence-electron chi connectivity index (χ3n) is 2.75. The van der Waals surface area contributed by atoms with Crippen LogP contribution in [0.3, 0.4) is 0 Å². The summed E-state index contributed by atoms with van der Waals surface area (Å²) in [4.78, 5) is 14.1. The molecule has 3 nitrogen and oxygen atoms in total. The minimum Gasteiger partial charge on any atom is -0.352 e. The van der Waals surface area contributed by atoms with E-state index in [4.69, 9.17) is 11.6 Å². The lowest BCUT2D eigenvalue weighted by Crippen LogP contribution is -2.47. The smallest absolute Gasteiger partial charge is 0.227 e. The van der Waals surface area contributed by atoms with Crippen LogP contribution >= 0.6 is 11.6 Å². The first-order chi connectivity index (χ1) is 7.37. The number of carbonyl (C=O) groups excluding carboxylic acids is 1. The van der Waals surface area contributed by atoms with Crippen molar-refractivity contribution in [3.63, 3.8) is 0 Å². The van der Waals surface area contributed by atoms with Gasteiger partial charge in [-0.1, -0.05) is 13.8 Å². The molecule has 0 heterocycles. The Morgan fingerprint density at radius 3 is 2.25 bits per heavy atom. The summed E-state index contributed by atoms with van der Waals surface area (Å²) in [6.07, 6.45) is 0. The lowest BCUT2D eigenvalue weighted by molar-refractivity contribution is -0.129. The summed E-state index contributed by atoms with van der Waals surface area (Å²) in [6, 6.07) is 0.162. The molecule has 0 radical (unpaired) electrons. The van der Waals surface area contributed by atoms with E-state index >= 15 is 0 Å². The van der Waals surface area contributed by atoms with Crippen molar-refractivity contribution in [3.05, 3.63) is 0 Å². The third kappa shape index (κ3) is 5.17. The van der Waals surface area contributed by atoms with Gasteiger partial charge in [-0.25, -0.2) is 0 Å². The molecule has 0 bridgehead atoms. The molecule has 16 heavy (non-hydrogen) atoms. The average Bonchev–Trinajstić information content (AvgIpc) is 2.25. The minimum atomic E-state index is -0.487. The van der Waals surface area contributed by atoms with Gasteiger partial charge in [0.15, 0.2) is 0 Å². The first-order valence-electron chi connectivity index (χ1n) is 5.96. The van der Waals surface area contributed by atoms with Crippen molar-refractivity contribution >= 4 is 17.5 Å². The molecule has 1 N–H and O–H groups in total. The zero-order valence-corrected chi connectivity index (χ0v) is 11.9. The molecule has 0 aliphatic carbocycles. The number of alkyl halides is 1. The largest absolute Gasteiger partial charge is 0.352 e. The van der Waals surface area contributed by atoms with Crippen molar-refractivity contribution in [3.8, 4) is 0 Å². The predicted octanol–water partition coefficient (Wildman–Crippen LogP) is 2.10. The van der Waals surface area contributed by atoms with E-state index in [1.54, 1.807) is 0 Å². The maximum Gasteiger partial charge on any atom is 0.227 e. The Kier molecular flexibility index (Phi) is 7.00. The lowest BCUT2D eigenvalue weighted by atomic mass is 9.95. The number of hydrogen-bond donors (Lipinski definition) is 1. The van der Waals surface area contributed by atoms with Gasteiger partial charge in [-0.3, -0.25) is 4.79 Å². The van der Waals surface area contributed by atoms with Crippen LogP contribution in [-0.2, 0) is 4.79 Å². The van der Waals surface area contributed by atoms with E-state index < -0.39 is 5.41 Å². The summed E-state index contributed by atoms with van der Waals surface area (Å²) >= 11 is 5.76.